The molecule has 0 heterocycles. The van der Waals surface area contributed by atoms with Crippen LogP contribution in [0.1, 0.15) is 21.5 Å². The van der Waals surface area contributed by atoms with E-state index in [1.807, 2.05) is 19.1 Å². The van der Waals surface area contributed by atoms with Crippen LogP contribution in [0.2, 0.25) is 0 Å². The van der Waals surface area contributed by atoms with Crippen LogP contribution in [0.4, 0.5) is 8.78 Å². The Bertz CT molecular complexity index is 611. The van der Waals surface area contributed by atoms with Crippen molar-refractivity contribution >= 4 is 5.91 Å². The summed E-state index contributed by atoms with van der Waals surface area (Å²) < 4.78 is 26.4. The third-order valence-electron chi connectivity index (χ3n) is 2.84. The number of nitrogens with one attached hydrogen (secondary N) is 1. The summed E-state index contributed by atoms with van der Waals surface area (Å²) in [5.74, 6) is -1.37. The molecule has 0 aliphatic rings. The zero-order valence-electron chi connectivity index (χ0n) is 10.4. The number of carbonyl (C=O) groups is 1. The fourth-order valence-corrected chi connectivity index (χ4v) is 1.78. The van der Waals surface area contributed by atoms with Crippen molar-refractivity contribution in [2.75, 3.05) is 0 Å². The lowest BCUT2D eigenvalue weighted by Crippen LogP contribution is -2.24. The van der Waals surface area contributed by atoms with E-state index in [1.54, 1.807) is 12.1 Å². The van der Waals surface area contributed by atoms with E-state index in [-0.39, 0.29) is 18.0 Å². The molecule has 1 N–H and O–H groups in total. The van der Waals surface area contributed by atoms with E-state index in [9.17, 15) is 13.6 Å². The topological polar surface area (TPSA) is 29.1 Å². The van der Waals surface area contributed by atoms with Gasteiger partial charge in [-0.2, -0.15) is 0 Å². The molecule has 98 valence electrons. The van der Waals surface area contributed by atoms with Crippen LogP contribution in [0, 0.1) is 18.6 Å². The second kappa shape index (κ2) is 5.61. The molecule has 0 saturated heterocycles. The Morgan fingerprint density at radius 2 is 1.89 bits per heavy atom. The van der Waals surface area contributed by atoms with Crippen molar-refractivity contribution in [1.82, 2.24) is 5.32 Å². The number of amides is 1. The molecule has 0 aliphatic carbocycles. The van der Waals surface area contributed by atoms with E-state index in [0.29, 0.717) is 5.56 Å². The number of hydrogen-bond acceptors (Lipinski definition) is 1. The maximum absolute atomic E-state index is 13.4. The van der Waals surface area contributed by atoms with Crippen molar-refractivity contribution in [2.45, 2.75) is 13.5 Å². The van der Waals surface area contributed by atoms with Crippen LogP contribution >= 0.6 is 0 Å². The number of halogens is 2. The van der Waals surface area contributed by atoms with Gasteiger partial charge in [0.1, 0.15) is 11.6 Å². The highest BCUT2D eigenvalue weighted by Gasteiger charge is 2.09. The molecule has 0 bridgehead atoms. The standard InChI is InChI=1S/C15H13F2NO/c1-10-4-2-3-5-13(10)15(19)18-9-11-8-12(16)6-7-14(11)17/h2-8H,9H2,1H3,(H,18,19). The molecule has 2 nitrogen and oxygen atoms in total. The van der Waals surface area contributed by atoms with Crippen molar-refractivity contribution in [2.24, 2.45) is 0 Å². The summed E-state index contributed by atoms with van der Waals surface area (Å²) in [5.41, 5.74) is 1.49. The largest absolute Gasteiger partial charge is 0.348 e. The van der Waals surface area contributed by atoms with Crippen LogP contribution in [-0.2, 0) is 6.54 Å². The van der Waals surface area contributed by atoms with Gasteiger partial charge in [0.25, 0.3) is 5.91 Å². The van der Waals surface area contributed by atoms with Crippen molar-refractivity contribution < 1.29 is 13.6 Å². The Hall–Kier alpha value is -2.23. The number of benzene rings is 2. The van der Waals surface area contributed by atoms with Crippen molar-refractivity contribution in [1.29, 1.82) is 0 Å². The van der Waals surface area contributed by atoms with E-state index in [4.69, 9.17) is 0 Å². The SMILES string of the molecule is Cc1ccccc1C(=O)NCc1cc(F)ccc1F. The number of carbonyl (C=O) groups excluding carboxylic acids is 1. The molecule has 2 rings (SSSR count). The molecule has 0 spiro atoms. The molecule has 1 amide bonds. The van der Waals surface area contributed by atoms with Crippen molar-refractivity contribution in [3.05, 3.63) is 70.8 Å². The first-order valence-corrected chi connectivity index (χ1v) is 5.85. The van der Waals surface area contributed by atoms with Crippen LogP contribution in [0.15, 0.2) is 42.5 Å². The van der Waals surface area contributed by atoms with Gasteiger partial charge in [-0.25, -0.2) is 8.78 Å². The van der Waals surface area contributed by atoms with E-state index in [2.05, 4.69) is 5.32 Å². The predicted octanol–water partition coefficient (Wildman–Crippen LogP) is 3.20. The first-order valence-electron chi connectivity index (χ1n) is 5.85. The van der Waals surface area contributed by atoms with Gasteiger partial charge in [-0.1, -0.05) is 18.2 Å². The third kappa shape index (κ3) is 3.16. The maximum atomic E-state index is 13.4. The van der Waals surface area contributed by atoms with Gasteiger partial charge in [0.2, 0.25) is 0 Å². The summed E-state index contributed by atoms with van der Waals surface area (Å²) in [6.07, 6.45) is 0. The van der Waals surface area contributed by atoms with Crippen LogP contribution in [-0.4, -0.2) is 5.91 Å². The van der Waals surface area contributed by atoms with E-state index in [1.165, 1.54) is 0 Å². The molecule has 0 aliphatic heterocycles. The molecule has 2 aromatic carbocycles. The average molecular weight is 261 g/mol. The number of rotatable bonds is 3. The Balaban J connectivity index is 2.09. The molecule has 0 atom stereocenters. The molecule has 4 heteroatoms. The Morgan fingerprint density at radius 3 is 2.63 bits per heavy atom. The molecule has 0 fully saturated rings. The second-order valence-corrected chi connectivity index (χ2v) is 4.23. The Kier molecular flexibility index (Phi) is 3.90. The Morgan fingerprint density at radius 1 is 1.16 bits per heavy atom. The molecule has 19 heavy (non-hydrogen) atoms. The summed E-state index contributed by atoms with van der Waals surface area (Å²) >= 11 is 0. The van der Waals surface area contributed by atoms with Gasteiger partial charge >= 0.3 is 0 Å². The van der Waals surface area contributed by atoms with Crippen molar-refractivity contribution in [3.8, 4) is 0 Å². The smallest absolute Gasteiger partial charge is 0.251 e. The highest BCUT2D eigenvalue weighted by Crippen LogP contribution is 2.11. The zero-order chi connectivity index (χ0) is 13.8. The highest BCUT2D eigenvalue weighted by atomic mass is 19.1. The highest BCUT2D eigenvalue weighted by molar-refractivity contribution is 5.95. The van der Waals surface area contributed by atoms with E-state index >= 15 is 0 Å². The Labute approximate surface area is 110 Å². The molecule has 0 aromatic heterocycles. The zero-order valence-corrected chi connectivity index (χ0v) is 10.4. The summed E-state index contributed by atoms with van der Waals surface area (Å²) in [4.78, 5) is 11.9. The molecule has 0 radical (unpaired) electrons. The summed E-state index contributed by atoms with van der Waals surface area (Å²) in [6, 6.07) is 10.3. The first kappa shape index (κ1) is 13.2. The van der Waals surface area contributed by atoms with Gasteiger partial charge < -0.3 is 5.32 Å². The van der Waals surface area contributed by atoms with Gasteiger partial charge in [0.05, 0.1) is 0 Å². The van der Waals surface area contributed by atoms with Gasteiger partial charge in [-0.15, -0.1) is 0 Å². The van der Waals surface area contributed by atoms with Crippen LogP contribution < -0.4 is 5.32 Å². The lowest BCUT2D eigenvalue weighted by Gasteiger charge is -2.08. The van der Waals surface area contributed by atoms with Crippen LogP contribution in [0.3, 0.4) is 0 Å². The van der Waals surface area contributed by atoms with Gasteiger partial charge in [0.15, 0.2) is 0 Å². The maximum Gasteiger partial charge on any atom is 0.251 e. The molecular weight excluding hydrogens is 248 g/mol. The minimum Gasteiger partial charge on any atom is -0.348 e. The lowest BCUT2D eigenvalue weighted by atomic mass is 10.1. The normalized spacial score (nSPS) is 10.3. The van der Waals surface area contributed by atoms with E-state index in [0.717, 1.165) is 23.8 Å². The fourth-order valence-electron chi connectivity index (χ4n) is 1.78. The minimum absolute atomic E-state index is 0.0449. The summed E-state index contributed by atoms with van der Waals surface area (Å²) in [7, 11) is 0. The third-order valence-corrected chi connectivity index (χ3v) is 2.84. The first-order chi connectivity index (χ1) is 9.08. The number of hydrogen-bond donors (Lipinski definition) is 1. The van der Waals surface area contributed by atoms with Crippen molar-refractivity contribution in [3.63, 3.8) is 0 Å². The number of aryl methyl sites for hydroxylation is 1. The molecule has 2 aromatic rings. The van der Waals surface area contributed by atoms with Gasteiger partial charge in [-0.05, 0) is 36.8 Å². The van der Waals surface area contributed by atoms with Crippen LogP contribution in [0.25, 0.3) is 0 Å². The van der Waals surface area contributed by atoms with Gasteiger partial charge in [0, 0.05) is 17.7 Å². The predicted molar refractivity (Wildman–Crippen MR) is 68.7 cm³/mol. The summed E-state index contributed by atoms with van der Waals surface area (Å²) in [5, 5.41) is 2.58. The van der Waals surface area contributed by atoms with Crippen LogP contribution in [0.5, 0.6) is 0 Å². The molecule has 0 saturated carbocycles. The minimum atomic E-state index is -0.536. The summed E-state index contributed by atoms with van der Waals surface area (Å²) in [6.45, 7) is 1.77. The average Bonchev–Trinajstić information content (AvgIpc) is 2.40. The lowest BCUT2D eigenvalue weighted by molar-refractivity contribution is 0.0950. The molecule has 0 unspecified atom stereocenters. The quantitative estimate of drug-likeness (QED) is 0.903. The molecular formula is C15H13F2NO. The fraction of sp³-hybridized carbons (Fsp3) is 0.133. The van der Waals surface area contributed by atoms with E-state index < -0.39 is 11.6 Å². The second-order valence-electron chi connectivity index (χ2n) is 4.23. The van der Waals surface area contributed by atoms with Gasteiger partial charge in [-0.3, -0.25) is 4.79 Å². The monoisotopic (exact) mass is 261 g/mol.